The molecule has 0 spiro atoms. The standard InChI is InChI=1S/C18H24N2O/c1-20(14-16-9-6-10-18(12-16)21-2)17(13-19)11-15-7-4-3-5-8-15/h3-10,12,17H,11,13-14,19H2,1-2H3. The van der Waals surface area contributed by atoms with Crippen LogP contribution in [0.1, 0.15) is 11.1 Å². The van der Waals surface area contributed by atoms with Gasteiger partial charge in [-0.15, -0.1) is 0 Å². The second-order valence-electron chi connectivity index (χ2n) is 5.35. The predicted molar refractivity (Wildman–Crippen MR) is 87.4 cm³/mol. The van der Waals surface area contributed by atoms with Crippen molar-refractivity contribution in [1.29, 1.82) is 0 Å². The zero-order chi connectivity index (χ0) is 15.1. The maximum atomic E-state index is 5.96. The van der Waals surface area contributed by atoms with E-state index >= 15 is 0 Å². The topological polar surface area (TPSA) is 38.5 Å². The molecule has 1 atom stereocenters. The molecule has 1 unspecified atom stereocenters. The zero-order valence-corrected chi connectivity index (χ0v) is 12.8. The lowest BCUT2D eigenvalue weighted by molar-refractivity contribution is 0.237. The van der Waals surface area contributed by atoms with Crippen molar-refractivity contribution < 1.29 is 4.74 Å². The molecule has 0 heterocycles. The number of hydrogen-bond donors (Lipinski definition) is 1. The summed E-state index contributed by atoms with van der Waals surface area (Å²) in [6.45, 7) is 1.52. The molecule has 0 radical (unpaired) electrons. The Labute approximate surface area is 127 Å². The Balaban J connectivity index is 2.00. The predicted octanol–water partition coefficient (Wildman–Crippen LogP) is 2.70. The van der Waals surface area contributed by atoms with Gasteiger partial charge in [-0.25, -0.2) is 0 Å². The zero-order valence-electron chi connectivity index (χ0n) is 12.8. The number of ether oxygens (including phenoxy) is 1. The maximum Gasteiger partial charge on any atom is 0.119 e. The summed E-state index contributed by atoms with van der Waals surface area (Å²) in [7, 11) is 3.82. The molecule has 0 aliphatic rings. The number of nitrogens with zero attached hydrogens (tertiary/aromatic N) is 1. The van der Waals surface area contributed by atoms with E-state index in [1.807, 2.05) is 18.2 Å². The minimum Gasteiger partial charge on any atom is -0.497 e. The molecule has 3 nitrogen and oxygen atoms in total. The van der Waals surface area contributed by atoms with Gasteiger partial charge in [0, 0.05) is 19.1 Å². The van der Waals surface area contributed by atoms with E-state index in [2.05, 4.69) is 48.3 Å². The van der Waals surface area contributed by atoms with Crippen molar-refractivity contribution in [2.45, 2.75) is 19.0 Å². The van der Waals surface area contributed by atoms with Crippen LogP contribution in [0.4, 0.5) is 0 Å². The molecule has 0 aliphatic heterocycles. The van der Waals surface area contributed by atoms with Crippen LogP contribution in [-0.4, -0.2) is 31.6 Å². The lowest BCUT2D eigenvalue weighted by Crippen LogP contribution is -2.39. The third kappa shape index (κ3) is 4.59. The largest absolute Gasteiger partial charge is 0.497 e. The fourth-order valence-electron chi connectivity index (χ4n) is 2.49. The highest BCUT2D eigenvalue weighted by Crippen LogP contribution is 2.16. The third-order valence-corrected chi connectivity index (χ3v) is 3.78. The summed E-state index contributed by atoms with van der Waals surface area (Å²) in [6, 6.07) is 19.0. The summed E-state index contributed by atoms with van der Waals surface area (Å²) in [5, 5.41) is 0. The average molecular weight is 284 g/mol. The van der Waals surface area contributed by atoms with Gasteiger partial charge in [0.15, 0.2) is 0 Å². The van der Waals surface area contributed by atoms with Crippen molar-refractivity contribution in [3.63, 3.8) is 0 Å². The molecular formula is C18H24N2O. The average Bonchev–Trinajstić information content (AvgIpc) is 2.53. The van der Waals surface area contributed by atoms with E-state index in [9.17, 15) is 0 Å². The van der Waals surface area contributed by atoms with Crippen molar-refractivity contribution in [3.8, 4) is 5.75 Å². The van der Waals surface area contributed by atoms with Crippen LogP contribution >= 0.6 is 0 Å². The van der Waals surface area contributed by atoms with E-state index < -0.39 is 0 Å². The number of benzene rings is 2. The number of likely N-dealkylation sites (N-methyl/N-ethyl adjacent to an activating group) is 1. The summed E-state index contributed by atoms with van der Waals surface area (Å²) in [6.07, 6.45) is 0.970. The van der Waals surface area contributed by atoms with Crippen molar-refractivity contribution in [2.75, 3.05) is 20.7 Å². The van der Waals surface area contributed by atoms with Crippen LogP contribution in [0.25, 0.3) is 0 Å². The first-order valence-corrected chi connectivity index (χ1v) is 7.30. The van der Waals surface area contributed by atoms with Crippen LogP contribution in [0.5, 0.6) is 5.75 Å². The summed E-state index contributed by atoms with van der Waals surface area (Å²) in [4.78, 5) is 2.31. The second-order valence-corrected chi connectivity index (χ2v) is 5.35. The molecule has 3 heteroatoms. The molecule has 21 heavy (non-hydrogen) atoms. The lowest BCUT2D eigenvalue weighted by Gasteiger charge is -2.27. The van der Waals surface area contributed by atoms with E-state index in [1.54, 1.807) is 7.11 Å². The van der Waals surface area contributed by atoms with Crippen LogP contribution in [0.15, 0.2) is 54.6 Å². The Bertz CT molecular complexity index is 542. The SMILES string of the molecule is COc1cccc(CN(C)C(CN)Cc2ccccc2)c1. The highest BCUT2D eigenvalue weighted by Gasteiger charge is 2.14. The van der Waals surface area contributed by atoms with Crippen LogP contribution in [0, 0.1) is 0 Å². The normalized spacial score (nSPS) is 12.4. The molecule has 2 N–H and O–H groups in total. The van der Waals surface area contributed by atoms with Crippen molar-refractivity contribution in [1.82, 2.24) is 4.90 Å². The summed E-state index contributed by atoms with van der Waals surface area (Å²) in [5.41, 5.74) is 8.53. The fourth-order valence-corrected chi connectivity index (χ4v) is 2.49. The van der Waals surface area contributed by atoms with Crippen molar-refractivity contribution >= 4 is 0 Å². The van der Waals surface area contributed by atoms with Crippen molar-refractivity contribution in [3.05, 3.63) is 65.7 Å². The number of methoxy groups -OCH3 is 1. The van der Waals surface area contributed by atoms with Gasteiger partial charge in [0.25, 0.3) is 0 Å². The van der Waals surface area contributed by atoms with Crippen LogP contribution in [0.3, 0.4) is 0 Å². The quantitative estimate of drug-likeness (QED) is 0.849. The molecule has 0 aliphatic carbocycles. The van der Waals surface area contributed by atoms with E-state index in [0.29, 0.717) is 12.6 Å². The minimum absolute atomic E-state index is 0.332. The van der Waals surface area contributed by atoms with Crippen LogP contribution < -0.4 is 10.5 Å². The molecule has 0 aromatic heterocycles. The molecule has 0 fully saturated rings. The van der Waals surface area contributed by atoms with Gasteiger partial charge < -0.3 is 10.5 Å². The fraction of sp³-hybridized carbons (Fsp3) is 0.333. The molecule has 2 aromatic rings. The van der Waals surface area contributed by atoms with Gasteiger partial charge in [-0.1, -0.05) is 42.5 Å². The van der Waals surface area contributed by atoms with E-state index in [4.69, 9.17) is 10.5 Å². The first-order valence-electron chi connectivity index (χ1n) is 7.30. The van der Waals surface area contributed by atoms with Crippen LogP contribution in [-0.2, 0) is 13.0 Å². The third-order valence-electron chi connectivity index (χ3n) is 3.78. The minimum atomic E-state index is 0.332. The monoisotopic (exact) mass is 284 g/mol. The highest BCUT2D eigenvalue weighted by atomic mass is 16.5. The smallest absolute Gasteiger partial charge is 0.119 e. The number of nitrogens with two attached hydrogens (primary N) is 1. The van der Waals surface area contributed by atoms with Gasteiger partial charge in [0.2, 0.25) is 0 Å². The Kier molecular flexibility index (Phi) is 5.78. The van der Waals surface area contributed by atoms with Crippen LogP contribution in [0.2, 0.25) is 0 Å². The highest BCUT2D eigenvalue weighted by molar-refractivity contribution is 5.28. The Morgan fingerprint density at radius 2 is 1.76 bits per heavy atom. The van der Waals surface area contributed by atoms with Crippen molar-refractivity contribution in [2.24, 2.45) is 5.73 Å². The number of hydrogen-bond acceptors (Lipinski definition) is 3. The maximum absolute atomic E-state index is 5.96. The Hall–Kier alpha value is -1.84. The Morgan fingerprint density at radius 3 is 2.43 bits per heavy atom. The Morgan fingerprint density at radius 1 is 1.05 bits per heavy atom. The molecule has 0 saturated heterocycles. The molecule has 0 saturated carbocycles. The number of rotatable bonds is 7. The van der Waals surface area contributed by atoms with E-state index in [-0.39, 0.29) is 0 Å². The molecule has 112 valence electrons. The van der Waals surface area contributed by atoms with Gasteiger partial charge in [-0.3, -0.25) is 4.90 Å². The van der Waals surface area contributed by atoms with E-state index in [0.717, 1.165) is 18.7 Å². The summed E-state index contributed by atoms with van der Waals surface area (Å²) < 4.78 is 5.28. The van der Waals surface area contributed by atoms with Gasteiger partial charge in [0.05, 0.1) is 7.11 Å². The van der Waals surface area contributed by atoms with Gasteiger partial charge in [-0.05, 0) is 36.7 Å². The molecule has 0 amide bonds. The van der Waals surface area contributed by atoms with E-state index in [1.165, 1.54) is 11.1 Å². The van der Waals surface area contributed by atoms with Gasteiger partial charge >= 0.3 is 0 Å². The first kappa shape index (κ1) is 15.5. The summed E-state index contributed by atoms with van der Waals surface area (Å²) in [5.74, 6) is 0.897. The molecule has 2 aromatic carbocycles. The molecular weight excluding hydrogens is 260 g/mol. The first-order chi connectivity index (χ1) is 10.2. The van der Waals surface area contributed by atoms with Gasteiger partial charge in [-0.2, -0.15) is 0 Å². The molecule has 0 bridgehead atoms. The summed E-state index contributed by atoms with van der Waals surface area (Å²) >= 11 is 0. The van der Waals surface area contributed by atoms with Gasteiger partial charge in [0.1, 0.15) is 5.75 Å². The molecule has 2 rings (SSSR count). The lowest BCUT2D eigenvalue weighted by atomic mass is 10.0. The second kappa shape index (κ2) is 7.81.